The van der Waals surface area contributed by atoms with Crippen LogP contribution in [-0.4, -0.2) is 11.4 Å². The summed E-state index contributed by atoms with van der Waals surface area (Å²) in [5.41, 5.74) is 6.05. The Kier molecular flexibility index (Phi) is 3.04. The van der Waals surface area contributed by atoms with Crippen molar-refractivity contribution in [1.82, 2.24) is 0 Å². The van der Waals surface area contributed by atoms with E-state index in [-0.39, 0.29) is 5.91 Å². The number of para-hydroxylation sites is 1. The van der Waals surface area contributed by atoms with Crippen LogP contribution in [0.25, 0.3) is 0 Å². The first-order chi connectivity index (χ1) is 7.51. The molecule has 2 rings (SSSR count). The molecule has 1 unspecified atom stereocenters. The van der Waals surface area contributed by atoms with Crippen LogP contribution in [0.15, 0.2) is 28.7 Å². The molecule has 1 aliphatic rings. The summed E-state index contributed by atoms with van der Waals surface area (Å²) in [4.78, 5) is 12.0. The van der Waals surface area contributed by atoms with Gasteiger partial charge in [-0.2, -0.15) is 0 Å². The van der Waals surface area contributed by atoms with E-state index in [1.165, 1.54) is 0 Å². The minimum Gasteiger partial charge on any atom is -0.323 e. The van der Waals surface area contributed by atoms with Crippen LogP contribution in [0.1, 0.15) is 19.8 Å². The number of amides is 1. The van der Waals surface area contributed by atoms with Crippen LogP contribution in [0.2, 0.25) is 0 Å². The van der Waals surface area contributed by atoms with E-state index in [4.69, 9.17) is 5.73 Å². The lowest BCUT2D eigenvalue weighted by molar-refractivity contribution is -0.121. The summed E-state index contributed by atoms with van der Waals surface area (Å²) in [6, 6.07) is 7.53. The first kappa shape index (κ1) is 11.6. The highest BCUT2D eigenvalue weighted by Crippen LogP contribution is 2.38. The fourth-order valence-corrected chi connectivity index (χ4v) is 2.07. The molecule has 1 aromatic carbocycles. The molecule has 1 aromatic rings. The van der Waals surface area contributed by atoms with Crippen molar-refractivity contribution in [3.63, 3.8) is 0 Å². The molecule has 3 nitrogen and oxygen atoms in total. The number of hydrogen-bond acceptors (Lipinski definition) is 2. The maximum absolute atomic E-state index is 12.0. The number of carbonyl (C=O) groups is 1. The highest BCUT2D eigenvalue weighted by molar-refractivity contribution is 9.10. The summed E-state index contributed by atoms with van der Waals surface area (Å²) >= 11 is 3.39. The van der Waals surface area contributed by atoms with Gasteiger partial charge in [-0.3, -0.25) is 4.79 Å². The molecule has 0 aliphatic heterocycles. The number of hydrogen-bond donors (Lipinski definition) is 2. The Morgan fingerprint density at radius 1 is 1.50 bits per heavy atom. The maximum Gasteiger partial charge on any atom is 0.244 e. The summed E-state index contributed by atoms with van der Waals surface area (Å²) in [5, 5.41) is 2.86. The van der Waals surface area contributed by atoms with Crippen LogP contribution in [0, 0.1) is 5.92 Å². The van der Waals surface area contributed by atoms with Gasteiger partial charge in [-0.1, -0.05) is 12.1 Å². The lowest BCUT2D eigenvalue weighted by Crippen LogP contribution is -2.50. The van der Waals surface area contributed by atoms with Gasteiger partial charge in [0.05, 0.1) is 11.2 Å². The fraction of sp³-hybridized carbons (Fsp3) is 0.417. The Labute approximate surface area is 104 Å². The third kappa shape index (κ3) is 2.28. The summed E-state index contributed by atoms with van der Waals surface area (Å²) in [5.74, 6) is 0.219. The van der Waals surface area contributed by atoms with Gasteiger partial charge in [-0.25, -0.2) is 0 Å². The van der Waals surface area contributed by atoms with Crippen LogP contribution < -0.4 is 11.1 Å². The molecule has 4 heteroatoms. The van der Waals surface area contributed by atoms with Gasteiger partial charge in [0.2, 0.25) is 5.91 Å². The van der Waals surface area contributed by atoms with Crippen LogP contribution in [0.5, 0.6) is 0 Å². The Bertz CT molecular complexity index is 413. The van der Waals surface area contributed by atoms with Crippen LogP contribution in [0.4, 0.5) is 5.69 Å². The number of rotatable bonds is 3. The Morgan fingerprint density at radius 3 is 2.69 bits per heavy atom. The molecule has 0 spiro atoms. The third-order valence-electron chi connectivity index (χ3n) is 3.04. The second-order valence-electron chi connectivity index (χ2n) is 4.49. The van der Waals surface area contributed by atoms with Crippen molar-refractivity contribution in [3.05, 3.63) is 28.7 Å². The molecule has 0 saturated heterocycles. The van der Waals surface area contributed by atoms with Crippen molar-refractivity contribution < 1.29 is 4.79 Å². The van der Waals surface area contributed by atoms with Gasteiger partial charge in [-0.15, -0.1) is 0 Å². The van der Waals surface area contributed by atoms with E-state index >= 15 is 0 Å². The van der Waals surface area contributed by atoms with Crippen molar-refractivity contribution in [2.75, 3.05) is 5.32 Å². The standard InChI is InChI=1S/C12H15BrN2O/c1-12(14,8-6-7-8)11(16)15-10-5-3-2-4-9(10)13/h2-5,8H,6-7,14H2,1H3,(H,15,16). The zero-order valence-electron chi connectivity index (χ0n) is 9.16. The second kappa shape index (κ2) is 4.18. The Hall–Kier alpha value is -0.870. The zero-order chi connectivity index (χ0) is 11.8. The Balaban J connectivity index is 2.10. The molecular formula is C12H15BrN2O. The topological polar surface area (TPSA) is 55.1 Å². The number of carbonyl (C=O) groups excluding carboxylic acids is 1. The molecule has 0 heterocycles. The van der Waals surface area contributed by atoms with Gasteiger partial charge in [0, 0.05) is 4.47 Å². The molecule has 0 aromatic heterocycles. The van der Waals surface area contributed by atoms with E-state index in [1.54, 1.807) is 6.92 Å². The molecule has 0 radical (unpaired) electrons. The predicted octanol–water partition coefficient (Wildman–Crippen LogP) is 2.52. The van der Waals surface area contributed by atoms with Crippen LogP contribution in [-0.2, 0) is 4.79 Å². The summed E-state index contributed by atoms with van der Waals surface area (Å²) < 4.78 is 0.870. The number of halogens is 1. The third-order valence-corrected chi connectivity index (χ3v) is 3.73. The highest BCUT2D eigenvalue weighted by atomic mass is 79.9. The minimum absolute atomic E-state index is 0.109. The van der Waals surface area contributed by atoms with E-state index in [0.29, 0.717) is 5.92 Å². The van der Waals surface area contributed by atoms with Gasteiger partial charge < -0.3 is 11.1 Å². The second-order valence-corrected chi connectivity index (χ2v) is 5.35. The number of benzene rings is 1. The maximum atomic E-state index is 12.0. The monoisotopic (exact) mass is 282 g/mol. The lowest BCUT2D eigenvalue weighted by Gasteiger charge is -2.23. The first-order valence-corrected chi connectivity index (χ1v) is 6.16. The largest absolute Gasteiger partial charge is 0.323 e. The SMILES string of the molecule is CC(N)(C(=O)Nc1ccccc1Br)C1CC1. The zero-order valence-corrected chi connectivity index (χ0v) is 10.8. The average molecular weight is 283 g/mol. The minimum atomic E-state index is -0.755. The normalized spacial score (nSPS) is 18.9. The quantitative estimate of drug-likeness (QED) is 0.895. The van der Waals surface area contributed by atoms with Crippen molar-refractivity contribution in [3.8, 4) is 0 Å². The molecule has 86 valence electrons. The van der Waals surface area contributed by atoms with Gasteiger partial charge in [-0.05, 0) is 53.7 Å². The van der Waals surface area contributed by atoms with Crippen molar-refractivity contribution >= 4 is 27.5 Å². The molecule has 1 aliphatic carbocycles. The van der Waals surface area contributed by atoms with E-state index in [2.05, 4.69) is 21.2 Å². The summed E-state index contributed by atoms with van der Waals surface area (Å²) in [7, 11) is 0. The predicted molar refractivity (Wildman–Crippen MR) is 68.1 cm³/mol. The molecule has 1 amide bonds. The molecule has 1 fully saturated rings. The van der Waals surface area contributed by atoms with Gasteiger partial charge >= 0.3 is 0 Å². The average Bonchev–Trinajstić information content (AvgIpc) is 3.04. The molecule has 16 heavy (non-hydrogen) atoms. The van der Waals surface area contributed by atoms with Crippen molar-refractivity contribution in [2.24, 2.45) is 11.7 Å². The highest BCUT2D eigenvalue weighted by Gasteiger charge is 2.44. The molecule has 1 saturated carbocycles. The molecule has 0 bridgehead atoms. The number of nitrogens with two attached hydrogens (primary N) is 1. The van der Waals surface area contributed by atoms with Crippen LogP contribution >= 0.6 is 15.9 Å². The summed E-state index contributed by atoms with van der Waals surface area (Å²) in [6.45, 7) is 1.80. The van der Waals surface area contributed by atoms with E-state index in [1.807, 2.05) is 24.3 Å². The van der Waals surface area contributed by atoms with Gasteiger partial charge in [0.25, 0.3) is 0 Å². The Morgan fingerprint density at radius 2 is 2.12 bits per heavy atom. The first-order valence-electron chi connectivity index (χ1n) is 5.36. The molecular weight excluding hydrogens is 268 g/mol. The van der Waals surface area contributed by atoms with Crippen molar-refractivity contribution in [2.45, 2.75) is 25.3 Å². The molecule has 3 N–H and O–H groups in total. The van der Waals surface area contributed by atoms with E-state index < -0.39 is 5.54 Å². The van der Waals surface area contributed by atoms with Crippen LogP contribution in [0.3, 0.4) is 0 Å². The lowest BCUT2D eigenvalue weighted by atomic mass is 9.96. The van der Waals surface area contributed by atoms with Gasteiger partial charge in [0.15, 0.2) is 0 Å². The molecule has 1 atom stereocenters. The van der Waals surface area contributed by atoms with E-state index in [0.717, 1.165) is 23.0 Å². The summed E-state index contributed by atoms with van der Waals surface area (Å²) in [6.07, 6.45) is 2.10. The number of anilines is 1. The van der Waals surface area contributed by atoms with Gasteiger partial charge in [0.1, 0.15) is 0 Å². The fourth-order valence-electron chi connectivity index (χ4n) is 1.69. The van der Waals surface area contributed by atoms with Crippen molar-refractivity contribution in [1.29, 1.82) is 0 Å². The smallest absolute Gasteiger partial charge is 0.244 e. The van der Waals surface area contributed by atoms with E-state index in [9.17, 15) is 4.79 Å². The number of nitrogens with one attached hydrogen (secondary N) is 1.